The molecular weight excluding hydrogens is 230 g/mol. The second-order valence-electron chi connectivity index (χ2n) is 4.96. The van der Waals surface area contributed by atoms with Gasteiger partial charge in [0.1, 0.15) is 5.60 Å². The Balaban J connectivity index is 2.22. The number of aromatic nitrogens is 2. The second-order valence-corrected chi connectivity index (χ2v) is 4.96. The summed E-state index contributed by atoms with van der Waals surface area (Å²) < 4.78 is 11.2. The maximum absolute atomic E-state index is 5.96. The van der Waals surface area contributed by atoms with Crippen LogP contribution in [0.2, 0.25) is 0 Å². The van der Waals surface area contributed by atoms with E-state index in [1.165, 1.54) is 6.42 Å². The Morgan fingerprint density at radius 3 is 2.67 bits per heavy atom. The molecule has 5 heteroatoms. The molecule has 1 aliphatic carbocycles. The molecule has 1 aliphatic rings. The van der Waals surface area contributed by atoms with Crippen LogP contribution in [-0.4, -0.2) is 16.7 Å². The first kappa shape index (κ1) is 13.5. The maximum Gasteiger partial charge on any atom is 0.243 e. The zero-order chi connectivity index (χ0) is 13.0. The van der Waals surface area contributed by atoms with Crippen LogP contribution < -0.4 is 5.73 Å². The fourth-order valence-corrected chi connectivity index (χ4v) is 2.58. The Bertz CT molecular complexity index is 367. The zero-order valence-corrected chi connectivity index (χ0v) is 11.3. The first-order chi connectivity index (χ1) is 8.72. The Morgan fingerprint density at radius 2 is 2.06 bits per heavy atom. The fourth-order valence-electron chi connectivity index (χ4n) is 2.58. The van der Waals surface area contributed by atoms with Crippen molar-refractivity contribution in [1.29, 1.82) is 0 Å². The summed E-state index contributed by atoms with van der Waals surface area (Å²) in [5, 5.41) is 4.11. The summed E-state index contributed by atoms with van der Waals surface area (Å²) in [7, 11) is 0. The van der Waals surface area contributed by atoms with Crippen molar-refractivity contribution >= 4 is 0 Å². The average Bonchev–Trinajstić information content (AvgIpc) is 2.89. The minimum absolute atomic E-state index is 0.173. The quantitative estimate of drug-likeness (QED) is 0.873. The van der Waals surface area contributed by atoms with Crippen LogP contribution in [0.15, 0.2) is 4.52 Å². The molecule has 1 fully saturated rings. The average molecular weight is 253 g/mol. The van der Waals surface area contributed by atoms with E-state index in [9.17, 15) is 0 Å². The summed E-state index contributed by atoms with van der Waals surface area (Å²) in [5.74, 6) is 1.21. The smallest absolute Gasteiger partial charge is 0.243 e. The summed E-state index contributed by atoms with van der Waals surface area (Å²) in [6.45, 7) is 4.69. The molecule has 0 spiro atoms. The standard InChI is InChI=1S/C13H23N3O2/c1-3-10(14)11-15-12(16-18-11)13(17-4-2)8-6-5-7-9-13/h10H,3-9,14H2,1-2H3. The summed E-state index contributed by atoms with van der Waals surface area (Å²) in [5.41, 5.74) is 5.57. The van der Waals surface area contributed by atoms with E-state index in [4.69, 9.17) is 15.0 Å². The van der Waals surface area contributed by atoms with Crippen LogP contribution in [0.1, 0.15) is 70.1 Å². The molecule has 0 saturated heterocycles. The van der Waals surface area contributed by atoms with E-state index in [-0.39, 0.29) is 11.6 Å². The van der Waals surface area contributed by atoms with Gasteiger partial charge in [0.15, 0.2) is 0 Å². The molecule has 0 amide bonds. The normalized spacial score (nSPS) is 20.8. The van der Waals surface area contributed by atoms with Crippen LogP contribution in [0.25, 0.3) is 0 Å². The lowest BCUT2D eigenvalue weighted by molar-refractivity contribution is -0.0777. The van der Waals surface area contributed by atoms with E-state index in [1.54, 1.807) is 0 Å². The monoisotopic (exact) mass is 253 g/mol. The molecule has 1 aromatic rings. The van der Waals surface area contributed by atoms with Gasteiger partial charge in [0.25, 0.3) is 0 Å². The molecule has 5 nitrogen and oxygen atoms in total. The first-order valence-corrected chi connectivity index (χ1v) is 6.95. The van der Waals surface area contributed by atoms with Gasteiger partial charge in [-0.2, -0.15) is 4.98 Å². The molecule has 1 saturated carbocycles. The minimum atomic E-state index is -0.345. The van der Waals surface area contributed by atoms with Gasteiger partial charge < -0.3 is 15.0 Å². The molecule has 1 heterocycles. The van der Waals surface area contributed by atoms with E-state index in [0.717, 1.165) is 32.1 Å². The maximum atomic E-state index is 5.96. The molecule has 1 atom stereocenters. The Hall–Kier alpha value is -0.940. The van der Waals surface area contributed by atoms with Gasteiger partial charge in [0.05, 0.1) is 6.04 Å². The molecule has 1 aromatic heterocycles. The lowest BCUT2D eigenvalue weighted by atomic mass is 9.84. The topological polar surface area (TPSA) is 74.2 Å². The predicted molar refractivity (Wildman–Crippen MR) is 67.9 cm³/mol. The van der Waals surface area contributed by atoms with Crippen molar-refractivity contribution in [1.82, 2.24) is 10.1 Å². The molecule has 2 N–H and O–H groups in total. The van der Waals surface area contributed by atoms with Crippen molar-refractivity contribution in [3.8, 4) is 0 Å². The molecule has 18 heavy (non-hydrogen) atoms. The van der Waals surface area contributed by atoms with E-state index in [2.05, 4.69) is 10.1 Å². The van der Waals surface area contributed by atoms with Gasteiger partial charge in [-0.05, 0) is 26.2 Å². The minimum Gasteiger partial charge on any atom is -0.367 e. The largest absolute Gasteiger partial charge is 0.367 e. The summed E-state index contributed by atoms with van der Waals surface area (Å²) in [6, 6.07) is -0.173. The van der Waals surface area contributed by atoms with E-state index in [1.807, 2.05) is 13.8 Å². The number of hydrogen-bond donors (Lipinski definition) is 1. The van der Waals surface area contributed by atoms with Gasteiger partial charge in [0.2, 0.25) is 11.7 Å². The number of nitrogens with two attached hydrogens (primary N) is 1. The van der Waals surface area contributed by atoms with Crippen LogP contribution in [0, 0.1) is 0 Å². The van der Waals surface area contributed by atoms with Crippen molar-refractivity contribution in [2.75, 3.05) is 6.61 Å². The number of nitrogens with zero attached hydrogens (tertiary/aromatic N) is 2. The summed E-state index contributed by atoms with van der Waals surface area (Å²) in [6.07, 6.45) is 6.31. The van der Waals surface area contributed by atoms with Gasteiger partial charge in [-0.25, -0.2) is 0 Å². The van der Waals surface area contributed by atoms with Crippen LogP contribution in [0.4, 0.5) is 0 Å². The van der Waals surface area contributed by atoms with Crippen molar-refractivity contribution in [2.24, 2.45) is 5.73 Å². The highest BCUT2D eigenvalue weighted by Gasteiger charge is 2.39. The van der Waals surface area contributed by atoms with Crippen LogP contribution >= 0.6 is 0 Å². The number of ether oxygens (including phenoxy) is 1. The third kappa shape index (κ3) is 2.57. The highest BCUT2D eigenvalue weighted by Crippen LogP contribution is 2.39. The van der Waals surface area contributed by atoms with Crippen LogP contribution in [0.3, 0.4) is 0 Å². The molecule has 0 radical (unpaired) electrons. The molecule has 0 aliphatic heterocycles. The highest BCUT2D eigenvalue weighted by molar-refractivity contribution is 5.04. The second kappa shape index (κ2) is 5.80. The molecule has 0 bridgehead atoms. The van der Waals surface area contributed by atoms with Crippen LogP contribution in [0.5, 0.6) is 0 Å². The van der Waals surface area contributed by atoms with Gasteiger partial charge in [0, 0.05) is 6.61 Å². The highest BCUT2D eigenvalue weighted by atomic mass is 16.5. The number of rotatable bonds is 5. The molecular formula is C13H23N3O2. The van der Waals surface area contributed by atoms with Crippen molar-refractivity contribution in [3.05, 3.63) is 11.7 Å². The third-order valence-corrected chi connectivity index (χ3v) is 3.69. The lowest BCUT2D eigenvalue weighted by Crippen LogP contribution is -2.33. The van der Waals surface area contributed by atoms with Crippen molar-refractivity contribution in [3.63, 3.8) is 0 Å². The summed E-state index contributed by atoms with van der Waals surface area (Å²) in [4.78, 5) is 4.47. The molecule has 2 rings (SSSR count). The summed E-state index contributed by atoms with van der Waals surface area (Å²) >= 11 is 0. The van der Waals surface area contributed by atoms with Crippen LogP contribution in [-0.2, 0) is 10.3 Å². The van der Waals surface area contributed by atoms with Gasteiger partial charge >= 0.3 is 0 Å². The van der Waals surface area contributed by atoms with Crippen molar-refractivity contribution < 1.29 is 9.26 Å². The van der Waals surface area contributed by atoms with E-state index < -0.39 is 0 Å². The molecule has 0 aromatic carbocycles. The van der Waals surface area contributed by atoms with Gasteiger partial charge in [-0.15, -0.1) is 0 Å². The van der Waals surface area contributed by atoms with E-state index in [0.29, 0.717) is 18.3 Å². The third-order valence-electron chi connectivity index (χ3n) is 3.69. The Labute approximate surface area is 108 Å². The lowest BCUT2D eigenvalue weighted by Gasteiger charge is -2.33. The molecule has 102 valence electrons. The fraction of sp³-hybridized carbons (Fsp3) is 0.846. The predicted octanol–water partition coefficient (Wildman–Crippen LogP) is 2.68. The SMILES string of the molecule is CCOC1(c2noc(C(N)CC)n2)CCCCC1. The Morgan fingerprint density at radius 1 is 1.33 bits per heavy atom. The van der Waals surface area contributed by atoms with E-state index >= 15 is 0 Å². The van der Waals surface area contributed by atoms with Crippen molar-refractivity contribution in [2.45, 2.75) is 64.0 Å². The number of hydrogen-bond acceptors (Lipinski definition) is 5. The van der Waals surface area contributed by atoms with Gasteiger partial charge in [-0.3, -0.25) is 0 Å². The Kier molecular flexibility index (Phi) is 4.35. The zero-order valence-electron chi connectivity index (χ0n) is 11.3. The van der Waals surface area contributed by atoms with Gasteiger partial charge in [-0.1, -0.05) is 31.3 Å². The first-order valence-electron chi connectivity index (χ1n) is 6.95. The molecule has 1 unspecified atom stereocenters.